The summed E-state index contributed by atoms with van der Waals surface area (Å²) in [5.41, 5.74) is 0.742. The molecule has 2 rings (SSSR count). The highest BCUT2D eigenvalue weighted by Gasteiger charge is 2.13. The Bertz CT molecular complexity index is 557. The van der Waals surface area contributed by atoms with E-state index in [-0.39, 0.29) is 0 Å². The summed E-state index contributed by atoms with van der Waals surface area (Å²) >= 11 is 9.57. The zero-order valence-electron chi connectivity index (χ0n) is 10.8. The van der Waals surface area contributed by atoms with Crippen LogP contribution in [0, 0.1) is 0 Å². The zero-order valence-corrected chi connectivity index (χ0v) is 13.1. The third kappa shape index (κ3) is 3.78. The van der Waals surface area contributed by atoms with Crippen molar-refractivity contribution in [2.24, 2.45) is 0 Å². The number of hydrogen-bond acceptors (Lipinski definition) is 4. The van der Waals surface area contributed by atoms with Crippen LogP contribution in [0.3, 0.4) is 0 Å². The lowest BCUT2D eigenvalue weighted by Gasteiger charge is -2.05. The van der Waals surface area contributed by atoms with Gasteiger partial charge in [0.25, 0.3) is 0 Å². The molecule has 1 N–H and O–H groups in total. The molecule has 0 saturated carbocycles. The molecule has 0 unspecified atom stereocenters. The van der Waals surface area contributed by atoms with Crippen molar-refractivity contribution >= 4 is 27.5 Å². The monoisotopic (exact) mass is 343 g/mol. The van der Waals surface area contributed by atoms with Crippen LogP contribution < -0.4 is 5.32 Å². The van der Waals surface area contributed by atoms with Gasteiger partial charge in [-0.2, -0.15) is 0 Å². The molecule has 0 bridgehead atoms. The standard InChI is InChI=1S/C13H15BrClN3O/c1-8(2)16-7-6-11-17-18-13(19-11)9-4-3-5-10(14)12(9)15/h3-5,8,16H,6-7H2,1-2H3. The normalized spacial score (nSPS) is 11.2. The first-order chi connectivity index (χ1) is 9.08. The average Bonchev–Trinajstić information content (AvgIpc) is 2.81. The second-order valence-corrected chi connectivity index (χ2v) is 5.69. The first kappa shape index (κ1) is 14.5. The van der Waals surface area contributed by atoms with E-state index in [1.165, 1.54) is 0 Å². The van der Waals surface area contributed by atoms with Gasteiger partial charge in [0.2, 0.25) is 11.8 Å². The van der Waals surface area contributed by atoms with Crippen molar-refractivity contribution in [3.05, 3.63) is 33.6 Å². The predicted molar refractivity (Wildman–Crippen MR) is 79.3 cm³/mol. The fourth-order valence-corrected chi connectivity index (χ4v) is 2.17. The van der Waals surface area contributed by atoms with Gasteiger partial charge in [0, 0.05) is 23.5 Å². The van der Waals surface area contributed by atoms with Gasteiger partial charge in [-0.15, -0.1) is 10.2 Å². The molecule has 6 heteroatoms. The molecule has 102 valence electrons. The van der Waals surface area contributed by atoms with Gasteiger partial charge in [-0.1, -0.05) is 31.5 Å². The first-order valence-corrected chi connectivity index (χ1v) is 7.25. The molecule has 1 aromatic heterocycles. The Balaban J connectivity index is 2.10. The van der Waals surface area contributed by atoms with Gasteiger partial charge in [-0.3, -0.25) is 0 Å². The number of nitrogens with zero attached hydrogens (tertiary/aromatic N) is 2. The van der Waals surface area contributed by atoms with Crippen LogP contribution in [0.25, 0.3) is 11.5 Å². The predicted octanol–water partition coefficient (Wildman–Crippen LogP) is 3.69. The fourth-order valence-electron chi connectivity index (χ4n) is 1.60. The first-order valence-electron chi connectivity index (χ1n) is 6.08. The molecule has 4 nitrogen and oxygen atoms in total. The van der Waals surface area contributed by atoms with Crippen LogP contribution >= 0.6 is 27.5 Å². The van der Waals surface area contributed by atoms with Crippen LogP contribution in [0.15, 0.2) is 27.1 Å². The van der Waals surface area contributed by atoms with Crippen LogP contribution in [0.1, 0.15) is 19.7 Å². The van der Waals surface area contributed by atoms with Gasteiger partial charge < -0.3 is 9.73 Å². The maximum atomic E-state index is 6.20. The third-order valence-corrected chi connectivity index (χ3v) is 3.84. The summed E-state index contributed by atoms with van der Waals surface area (Å²) < 4.78 is 6.43. The fraction of sp³-hybridized carbons (Fsp3) is 0.385. The van der Waals surface area contributed by atoms with Crippen molar-refractivity contribution in [2.75, 3.05) is 6.54 Å². The summed E-state index contributed by atoms with van der Waals surface area (Å²) in [4.78, 5) is 0. The minimum Gasteiger partial charge on any atom is -0.421 e. The van der Waals surface area contributed by atoms with Gasteiger partial charge in [0.05, 0.1) is 10.6 Å². The van der Waals surface area contributed by atoms with Gasteiger partial charge in [-0.05, 0) is 28.1 Å². The van der Waals surface area contributed by atoms with Crippen molar-refractivity contribution in [1.29, 1.82) is 0 Å². The maximum Gasteiger partial charge on any atom is 0.249 e. The molecule has 2 aromatic rings. The molecule has 0 saturated heterocycles. The minimum atomic E-state index is 0.446. The average molecular weight is 345 g/mol. The van der Waals surface area contributed by atoms with E-state index >= 15 is 0 Å². The molecule has 1 aromatic carbocycles. The molecule has 0 spiro atoms. The van der Waals surface area contributed by atoms with Gasteiger partial charge in [-0.25, -0.2) is 0 Å². The molecule has 0 fully saturated rings. The Hall–Kier alpha value is -0.910. The van der Waals surface area contributed by atoms with E-state index in [9.17, 15) is 0 Å². The Morgan fingerprint density at radius 2 is 2.16 bits per heavy atom. The van der Waals surface area contributed by atoms with E-state index in [4.69, 9.17) is 16.0 Å². The van der Waals surface area contributed by atoms with Gasteiger partial charge in [0.1, 0.15) is 0 Å². The Labute approximate surface area is 125 Å². The summed E-state index contributed by atoms with van der Waals surface area (Å²) in [6.07, 6.45) is 0.705. The van der Waals surface area contributed by atoms with E-state index in [2.05, 4.69) is 45.3 Å². The molecule has 0 atom stereocenters. The van der Waals surface area contributed by atoms with Crippen molar-refractivity contribution in [1.82, 2.24) is 15.5 Å². The number of nitrogens with one attached hydrogen (secondary N) is 1. The quantitative estimate of drug-likeness (QED) is 0.898. The van der Waals surface area contributed by atoms with E-state index in [1.54, 1.807) is 0 Å². The highest BCUT2D eigenvalue weighted by Crippen LogP contribution is 2.32. The van der Waals surface area contributed by atoms with Crippen molar-refractivity contribution in [3.8, 4) is 11.5 Å². The van der Waals surface area contributed by atoms with Gasteiger partial charge >= 0.3 is 0 Å². The van der Waals surface area contributed by atoms with Crippen LogP contribution in [0.2, 0.25) is 5.02 Å². The van der Waals surface area contributed by atoms with Crippen molar-refractivity contribution in [3.63, 3.8) is 0 Å². The molecular weight excluding hydrogens is 330 g/mol. The summed E-state index contributed by atoms with van der Waals surface area (Å²) in [5.74, 6) is 1.06. The smallest absolute Gasteiger partial charge is 0.249 e. The van der Waals surface area contributed by atoms with E-state index in [1.807, 2.05) is 18.2 Å². The number of benzene rings is 1. The Morgan fingerprint density at radius 1 is 1.37 bits per heavy atom. The largest absolute Gasteiger partial charge is 0.421 e. The van der Waals surface area contributed by atoms with Gasteiger partial charge in [0.15, 0.2) is 0 Å². The van der Waals surface area contributed by atoms with Crippen LogP contribution in [0.4, 0.5) is 0 Å². The van der Waals surface area contributed by atoms with E-state index < -0.39 is 0 Å². The summed E-state index contributed by atoms with van der Waals surface area (Å²) in [7, 11) is 0. The SMILES string of the molecule is CC(C)NCCc1nnc(-c2cccc(Br)c2Cl)o1. The van der Waals surface area contributed by atoms with E-state index in [0.717, 1.165) is 16.6 Å². The highest BCUT2D eigenvalue weighted by atomic mass is 79.9. The molecule has 0 aliphatic carbocycles. The minimum absolute atomic E-state index is 0.446. The van der Waals surface area contributed by atoms with Crippen LogP contribution in [0.5, 0.6) is 0 Å². The molecule has 0 radical (unpaired) electrons. The molecular formula is C13H15BrClN3O. The zero-order chi connectivity index (χ0) is 13.8. The Morgan fingerprint density at radius 3 is 2.89 bits per heavy atom. The number of rotatable bonds is 5. The van der Waals surface area contributed by atoms with Crippen LogP contribution in [-0.4, -0.2) is 22.8 Å². The summed E-state index contributed by atoms with van der Waals surface area (Å²) in [6.45, 7) is 5.01. The second-order valence-electron chi connectivity index (χ2n) is 4.46. The Kier molecular flexibility index (Phi) is 4.96. The highest BCUT2D eigenvalue weighted by molar-refractivity contribution is 9.10. The number of halogens is 2. The van der Waals surface area contributed by atoms with E-state index in [0.29, 0.717) is 29.3 Å². The topological polar surface area (TPSA) is 51.0 Å². The third-order valence-electron chi connectivity index (χ3n) is 2.54. The molecule has 19 heavy (non-hydrogen) atoms. The number of hydrogen-bond donors (Lipinski definition) is 1. The van der Waals surface area contributed by atoms with Crippen molar-refractivity contribution < 1.29 is 4.42 Å². The lowest BCUT2D eigenvalue weighted by molar-refractivity contribution is 0.484. The molecule has 0 amide bonds. The molecule has 0 aliphatic rings. The molecule has 0 aliphatic heterocycles. The molecule has 1 heterocycles. The van der Waals surface area contributed by atoms with Crippen LogP contribution in [-0.2, 0) is 6.42 Å². The lowest BCUT2D eigenvalue weighted by Crippen LogP contribution is -2.25. The second kappa shape index (κ2) is 6.50. The van der Waals surface area contributed by atoms with Crippen molar-refractivity contribution in [2.45, 2.75) is 26.3 Å². The maximum absolute atomic E-state index is 6.20. The summed E-state index contributed by atoms with van der Waals surface area (Å²) in [6, 6.07) is 6.06. The number of aromatic nitrogens is 2. The summed E-state index contributed by atoms with van der Waals surface area (Å²) in [5, 5.41) is 11.9. The lowest BCUT2D eigenvalue weighted by atomic mass is 10.2.